The lowest BCUT2D eigenvalue weighted by Crippen LogP contribution is -2.14. The van der Waals surface area contributed by atoms with E-state index < -0.39 is 17.5 Å². The van der Waals surface area contributed by atoms with Crippen molar-refractivity contribution >= 4 is 22.8 Å². The molecule has 1 amide bonds. The van der Waals surface area contributed by atoms with Crippen LogP contribution in [0, 0.1) is 11.6 Å². The summed E-state index contributed by atoms with van der Waals surface area (Å²) in [6.07, 6.45) is 1.96. The van der Waals surface area contributed by atoms with Crippen molar-refractivity contribution in [1.82, 2.24) is 19.7 Å². The van der Waals surface area contributed by atoms with Gasteiger partial charge in [0.25, 0.3) is 5.91 Å². The van der Waals surface area contributed by atoms with Crippen molar-refractivity contribution in [2.45, 2.75) is 18.9 Å². The Labute approximate surface area is 162 Å². The average molecular weight is 395 g/mol. The zero-order valence-corrected chi connectivity index (χ0v) is 15.0. The number of carbonyl (C=O) groups excluding carboxylic acids is 1. The lowest BCUT2D eigenvalue weighted by molar-refractivity contribution is 0.102. The van der Waals surface area contributed by atoms with Gasteiger partial charge in [0.05, 0.1) is 16.7 Å². The molecule has 2 aromatic carbocycles. The van der Waals surface area contributed by atoms with E-state index in [4.69, 9.17) is 0 Å². The van der Waals surface area contributed by atoms with Crippen LogP contribution in [-0.4, -0.2) is 25.7 Å². The van der Waals surface area contributed by atoms with Crippen molar-refractivity contribution in [3.63, 3.8) is 0 Å². The second-order valence-corrected chi connectivity index (χ2v) is 7.04. The summed E-state index contributed by atoms with van der Waals surface area (Å²) < 4.78 is 28.5. The molecule has 2 aromatic heterocycles. The predicted octanol–water partition coefficient (Wildman–Crippen LogP) is 3.59. The fraction of sp³-hybridized carbons (Fsp3) is 0.150. The molecule has 0 atom stereocenters. The van der Waals surface area contributed by atoms with Crippen LogP contribution in [-0.2, 0) is 0 Å². The number of imidazole rings is 1. The molecule has 0 spiro atoms. The maximum absolute atomic E-state index is 13.4. The first kappa shape index (κ1) is 17.4. The summed E-state index contributed by atoms with van der Waals surface area (Å²) in [6.45, 7) is 0. The summed E-state index contributed by atoms with van der Waals surface area (Å²) in [7, 11) is 0. The van der Waals surface area contributed by atoms with Crippen LogP contribution < -0.4 is 11.0 Å². The number of halogens is 2. The summed E-state index contributed by atoms with van der Waals surface area (Å²) in [4.78, 5) is 27.5. The number of aromatic amines is 2. The number of hydrogen-bond acceptors (Lipinski definition) is 3. The van der Waals surface area contributed by atoms with Crippen LogP contribution in [0.15, 0.2) is 47.3 Å². The van der Waals surface area contributed by atoms with Gasteiger partial charge in [0.2, 0.25) is 0 Å². The molecular weight excluding hydrogens is 380 g/mol. The smallest absolute Gasteiger partial charge is 0.306 e. The van der Waals surface area contributed by atoms with E-state index in [1.165, 1.54) is 6.07 Å². The van der Waals surface area contributed by atoms with Crippen LogP contribution in [0.5, 0.6) is 0 Å². The number of anilines is 1. The van der Waals surface area contributed by atoms with E-state index in [-0.39, 0.29) is 23.1 Å². The van der Waals surface area contributed by atoms with Gasteiger partial charge in [0.15, 0.2) is 5.82 Å². The Balaban J connectivity index is 1.39. The highest BCUT2D eigenvalue weighted by Gasteiger charge is 2.27. The number of hydrogen-bond donors (Lipinski definition) is 3. The van der Waals surface area contributed by atoms with Gasteiger partial charge in [0.1, 0.15) is 11.6 Å². The molecule has 0 unspecified atom stereocenters. The van der Waals surface area contributed by atoms with Crippen molar-refractivity contribution in [2.75, 3.05) is 5.32 Å². The minimum Gasteiger partial charge on any atom is -0.306 e. The first-order chi connectivity index (χ1) is 14.0. The van der Waals surface area contributed by atoms with Crippen molar-refractivity contribution in [2.24, 2.45) is 0 Å². The molecule has 0 bridgehead atoms. The molecule has 0 radical (unpaired) electrons. The molecule has 146 valence electrons. The third-order valence-corrected chi connectivity index (χ3v) is 4.88. The molecule has 5 rings (SSSR count). The van der Waals surface area contributed by atoms with Gasteiger partial charge in [-0.2, -0.15) is 5.10 Å². The largest absolute Gasteiger partial charge is 0.326 e. The van der Waals surface area contributed by atoms with Gasteiger partial charge in [-0.25, -0.2) is 13.6 Å². The Morgan fingerprint density at radius 1 is 1.10 bits per heavy atom. The monoisotopic (exact) mass is 395 g/mol. The molecule has 0 aliphatic heterocycles. The molecule has 2 heterocycles. The summed E-state index contributed by atoms with van der Waals surface area (Å²) in [5, 5.41) is 9.24. The predicted molar refractivity (Wildman–Crippen MR) is 103 cm³/mol. The molecule has 29 heavy (non-hydrogen) atoms. The zero-order chi connectivity index (χ0) is 20.1. The normalized spacial score (nSPS) is 13.7. The number of aromatic nitrogens is 4. The highest BCUT2D eigenvalue weighted by Crippen LogP contribution is 2.35. The number of carbonyl (C=O) groups is 1. The first-order valence-corrected chi connectivity index (χ1v) is 9.05. The van der Waals surface area contributed by atoms with Gasteiger partial charge >= 0.3 is 5.69 Å². The molecule has 0 saturated heterocycles. The van der Waals surface area contributed by atoms with Crippen molar-refractivity contribution in [1.29, 1.82) is 0 Å². The molecular formula is C20H15F2N5O2. The van der Waals surface area contributed by atoms with Gasteiger partial charge < -0.3 is 10.3 Å². The quantitative estimate of drug-likeness (QED) is 0.493. The van der Waals surface area contributed by atoms with Crippen molar-refractivity contribution < 1.29 is 13.6 Å². The number of rotatable bonds is 4. The first-order valence-electron chi connectivity index (χ1n) is 9.05. The van der Waals surface area contributed by atoms with Gasteiger partial charge in [-0.1, -0.05) is 0 Å². The van der Waals surface area contributed by atoms with E-state index in [1.54, 1.807) is 22.8 Å². The van der Waals surface area contributed by atoms with E-state index in [0.717, 1.165) is 36.6 Å². The Morgan fingerprint density at radius 3 is 2.59 bits per heavy atom. The van der Waals surface area contributed by atoms with Crippen LogP contribution in [0.3, 0.4) is 0 Å². The summed E-state index contributed by atoms with van der Waals surface area (Å²) >= 11 is 0. The summed E-state index contributed by atoms with van der Waals surface area (Å²) in [6, 6.07) is 9.81. The molecule has 1 saturated carbocycles. The van der Waals surface area contributed by atoms with Crippen LogP contribution in [0.1, 0.15) is 29.2 Å². The van der Waals surface area contributed by atoms with Crippen LogP contribution in [0.25, 0.3) is 22.3 Å². The average Bonchev–Trinajstić information content (AvgIpc) is 3.29. The van der Waals surface area contributed by atoms with Gasteiger partial charge in [0, 0.05) is 29.3 Å². The number of benzene rings is 2. The molecule has 1 aliphatic rings. The molecule has 1 aliphatic carbocycles. The highest BCUT2D eigenvalue weighted by molar-refractivity contribution is 6.05. The van der Waals surface area contributed by atoms with E-state index in [0.29, 0.717) is 16.8 Å². The van der Waals surface area contributed by atoms with Gasteiger partial charge in [-0.15, -0.1) is 0 Å². The molecule has 9 heteroatoms. The van der Waals surface area contributed by atoms with E-state index in [1.807, 2.05) is 0 Å². The second kappa shape index (κ2) is 6.40. The fourth-order valence-corrected chi connectivity index (χ4v) is 3.40. The topological polar surface area (TPSA) is 95.6 Å². The number of nitrogens with zero attached hydrogens (tertiary/aromatic N) is 2. The van der Waals surface area contributed by atoms with Crippen molar-refractivity contribution in [3.05, 3.63) is 70.1 Å². The van der Waals surface area contributed by atoms with Crippen LogP contribution in [0.2, 0.25) is 0 Å². The van der Waals surface area contributed by atoms with E-state index >= 15 is 0 Å². The lowest BCUT2D eigenvalue weighted by atomic mass is 10.1. The third-order valence-electron chi connectivity index (χ3n) is 4.88. The van der Waals surface area contributed by atoms with E-state index in [2.05, 4.69) is 20.5 Å². The lowest BCUT2D eigenvalue weighted by Gasteiger charge is -2.03. The molecule has 7 nitrogen and oxygen atoms in total. The molecule has 1 fully saturated rings. The van der Waals surface area contributed by atoms with Gasteiger partial charge in [-0.05, 0) is 43.2 Å². The highest BCUT2D eigenvalue weighted by atomic mass is 19.1. The number of amides is 1. The fourth-order valence-electron chi connectivity index (χ4n) is 3.40. The zero-order valence-electron chi connectivity index (χ0n) is 15.0. The van der Waals surface area contributed by atoms with Crippen LogP contribution in [0.4, 0.5) is 14.6 Å². The molecule has 4 aromatic rings. The number of H-pyrrole nitrogens is 2. The Morgan fingerprint density at radius 2 is 1.86 bits per heavy atom. The standard InChI is InChI=1S/C20H15F2N5O2/c21-12-5-11(6-13(22)8-12)15-9-18(26-25-15)24-19(28)10-1-4-17-16(7-10)23-20(29)27(17)14-2-3-14/h1,4-9,14H,2-3H2,(H,23,29)(H2,24,25,26,28). The summed E-state index contributed by atoms with van der Waals surface area (Å²) in [5.41, 5.74) is 2.16. The van der Waals surface area contributed by atoms with E-state index in [9.17, 15) is 18.4 Å². The van der Waals surface area contributed by atoms with Gasteiger partial charge in [-0.3, -0.25) is 14.5 Å². The minimum absolute atomic E-state index is 0.181. The SMILES string of the molecule is O=C(Nc1cc(-c2cc(F)cc(F)c2)[nH]n1)c1ccc2c(c1)[nH]c(=O)n2C1CC1. The number of fused-ring (bicyclic) bond motifs is 1. The third kappa shape index (κ3) is 3.20. The number of nitrogens with one attached hydrogen (secondary N) is 3. The maximum atomic E-state index is 13.4. The van der Waals surface area contributed by atoms with Crippen LogP contribution >= 0.6 is 0 Å². The Hall–Kier alpha value is -3.75. The van der Waals surface area contributed by atoms with Crippen molar-refractivity contribution in [3.8, 4) is 11.3 Å². The Kier molecular flexibility index (Phi) is 3.83. The minimum atomic E-state index is -0.708. The maximum Gasteiger partial charge on any atom is 0.326 e. The second-order valence-electron chi connectivity index (χ2n) is 7.04. The Bertz CT molecular complexity index is 1300. The molecule has 3 N–H and O–H groups in total. The summed E-state index contributed by atoms with van der Waals surface area (Å²) in [5.74, 6) is -1.63.